The topological polar surface area (TPSA) is 373 Å². The van der Waals surface area contributed by atoms with Crippen molar-refractivity contribution in [3.63, 3.8) is 0 Å². The van der Waals surface area contributed by atoms with Crippen molar-refractivity contribution in [3.05, 3.63) is 184 Å². The van der Waals surface area contributed by atoms with Crippen LogP contribution in [0.25, 0.3) is 0 Å². The molecule has 5 N–H and O–H groups in total. The molecule has 2 unspecified atom stereocenters. The van der Waals surface area contributed by atoms with Gasteiger partial charge in [-0.15, -0.1) is 0 Å². The molecular formula is C90H115N3O24P+. The number of carbonyl (C=O) groups is 11. The molecule has 0 radical (unpaired) electrons. The highest BCUT2D eigenvalue weighted by Gasteiger charge is 2.79. The Morgan fingerprint density at radius 1 is 0.653 bits per heavy atom. The maximum atomic E-state index is 16.8. The highest BCUT2D eigenvalue weighted by atomic mass is 31.2. The van der Waals surface area contributed by atoms with Crippen LogP contribution in [0.15, 0.2) is 151 Å². The molecule has 1 aliphatic heterocycles. The first-order chi connectivity index (χ1) is 56.0. The number of anilines is 1. The van der Waals surface area contributed by atoms with Crippen molar-refractivity contribution in [2.75, 3.05) is 46.2 Å². The number of hydrogen-bond donors (Lipinski definition) is 5. The number of fused-ring (bicyclic) bond motifs is 5. The minimum absolute atomic E-state index is 0.0409. The molecule has 0 aromatic heterocycles. The van der Waals surface area contributed by atoms with Crippen LogP contribution in [-0.4, -0.2) is 173 Å². The quantitative estimate of drug-likeness (QED) is 0.00460. The zero-order valence-electron chi connectivity index (χ0n) is 69.3. The Balaban J connectivity index is 1.03. The lowest BCUT2D eigenvalue weighted by Crippen LogP contribution is -2.82. The number of nitrogens with zero attached hydrogens (tertiary/aromatic N) is 1. The second kappa shape index (κ2) is 41.4. The smallest absolute Gasteiger partial charge is 0.472 e. The highest BCUT2D eigenvalue weighted by Crippen LogP contribution is 2.65. The Morgan fingerprint density at radius 3 is 1.76 bits per heavy atom. The van der Waals surface area contributed by atoms with Crippen molar-refractivity contribution < 1.29 is 119 Å². The number of nitrogens with one attached hydrogen (secondary N) is 2. The number of likely N-dealkylation sites (N-methyl/N-ethyl adjacent to an activating group) is 1. The summed E-state index contributed by atoms with van der Waals surface area (Å²) in [5, 5.41) is 29.5. The van der Waals surface area contributed by atoms with Gasteiger partial charge in [0.05, 0.1) is 56.3 Å². The highest BCUT2D eigenvalue weighted by molar-refractivity contribution is 7.47. The fourth-order valence-corrected chi connectivity index (χ4v) is 17.7. The molecular weight excluding hydrogens is 1540 g/mol. The standard InChI is InChI=1S/C90H114N3O24P/c1-11-12-13-14-15-16-17-18-19-20-21-22-23-24-34-41-69(117-118(107,108)110-51-50-93(8,9)10)62-46-48-67(49-47-62)91-73(97)55-75(99)114-79(77(63-35-28-25-29-36-63)92-83(101)64-37-30-26-31-38-64)86(105)112-70-56-90(106)82(115-85(104)66-39-32-27-33-40-66)80-88(7,81(100)78(111-59(3)94)76(58(70)2)87(90,5)6)71(54-72-89(80,57-109-72)116-60(4)95)113-74(98)53-68(96)52-61-42-44-65(45-43-61)84(102)103/h25-33,35-40,42-49,69-72,77-80,82,106H,11-24,34,41,50-57H2,1-10H3,(H3-,91,92,97,101,102,103,107,108)/p+1/t69?,70-,71-,72+,77-,78+,79+,80-,82-,88+,89-,90+/m0/s1. The fraction of sp³-hybridized carbons (Fsp3) is 0.522. The predicted molar refractivity (Wildman–Crippen MR) is 434 cm³/mol. The Kier molecular flexibility index (Phi) is 32.4. The molecule has 4 aliphatic rings. The SMILES string of the molecule is CCCCCCCCCCCCCCCCCC(OP(=O)(O)OCC[N+](C)(C)C)c1ccc(NC(=O)CC(=O)O[C@@H](C(=O)O[C@H]2C[C@@]3(O)[C@@H](OC(=O)c4ccccc4)[C@@H]4[C@]5(OC(C)=O)CO[C@@H]5C[C@H](OC(=O)CC(=O)Cc5ccc(C(=O)O)cc5)[C@@]4(C)C(=O)[C@H](OC(C)=O)C(=C2C)C3(C)C)[C@@H](NC(=O)c2ccccc2)c2ccccc2)cc1. The van der Waals surface area contributed by atoms with Crippen LogP contribution in [0.4, 0.5) is 5.69 Å². The third-order valence-corrected chi connectivity index (χ3v) is 24.1. The number of esters is 6. The summed E-state index contributed by atoms with van der Waals surface area (Å²) in [6.45, 7) is 9.83. The number of phosphoric ester groups is 1. The van der Waals surface area contributed by atoms with E-state index in [2.05, 4.69) is 17.6 Å². The van der Waals surface area contributed by atoms with Crippen molar-refractivity contribution in [1.29, 1.82) is 0 Å². The first kappa shape index (κ1) is 92.3. The lowest BCUT2D eigenvalue weighted by molar-refractivity contribution is -0.870. The van der Waals surface area contributed by atoms with E-state index in [1.807, 2.05) is 21.1 Å². The van der Waals surface area contributed by atoms with Gasteiger partial charge in [-0.2, -0.15) is 0 Å². The Labute approximate surface area is 690 Å². The van der Waals surface area contributed by atoms with Crippen molar-refractivity contribution in [2.24, 2.45) is 16.7 Å². The number of aromatic carboxylic acids is 1. The predicted octanol–water partition coefficient (Wildman–Crippen LogP) is 13.9. The van der Waals surface area contributed by atoms with Crippen LogP contribution in [0.2, 0.25) is 0 Å². The molecule has 3 fully saturated rings. The summed E-state index contributed by atoms with van der Waals surface area (Å²) in [6, 6.07) is 33.2. The van der Waals surface area contributed by atoms with E-state index in [1.165, 1.54) is 177 Å². The summed E-state index contributed by atoms with van der Waals surface area (Å²) in [6.07, 6.45) is 1.89. The van der Waals surface area contributed by atoms with E-state index in [0.29, 0.717) is 35.0 Å². The minimum atomic E-state index is -4.59. The van der Waals surface area contributed by atoms with Crippen LogP contribution in [0.3, 0.4) is 0 Å². The van der Waals surface area contributed by atoms with Crippen LogP contribution < -0.4 is 10.6 Å². The summed E-state index contributed by atoms with van der Waals surface area (Å²) in [4.78, 5) is 170. The molecule has 3 aliphatic carbocycles. The third-order valence-electron chi connectivity index (χ3n) is 23.1. The zero-order chi connectivity index (χ0) is 85.8. The fourth-order valence-electron chi connectivity index (χ4n) is 16.8. The molecule has 2 amide bonds. The van der Waals surface area contributed by atoms with Crippen LogP contribution in [-0.2, 0) is 91.5 Å². The molecule has 1 saturated heterocycles. The van der Waals surface area contributed by atoms with Crippen molar-refractivity contribution in [3.8, 4) is 0 Å². The molecule has 27 nitrogen and oxygen atoms in total. The first-order valence-electron chi connectivity index (χ1n) is 40.9. The van der Waals surface area contributed by atoms with Gasteiger partial charge in [0.15, 0.2) is 17.5 Å². The second-order valence-electron chi connectivity index (χ2n) is 33.2. The Morgan fingerprint density at radius 2 is 1.22 bits per heavy atom. The van der Waals surface area contributed by atoms with Crippen LogP contribution in [0.1, 0.15) is 237 Å². The van der Waals surface area contributed by atoms with Gasteiger partial charge in [-0.1, -0.05) is 208 Å². The molecule has 28 heteroatoms. The number of ether oxygens (including phenoxy) is 7. The van der Waals surface area contributed by atoms with Gasteiger partial charge in [0.2, 0.25) is 12.0 Å². The molecule has 5 aromatic rings. The van der Waals surface area contributed by atoms with E-state index in [-0.39, 0.29) is 52.1 Å². The van der Waals surface area contributed by atoms with Crippen LogP contribution >= 0.6 is 7.82 Å². The number of amides is 2. The average Bonchev–Trinajstić information content (AvgIpc) is 0.666. The molecule has 1 heterocycles. The van der Waals surface area contributed by atoms with Crippen molar-refractivity contribution in [2.45, 2.75) is 243 Å². The number of ketones is 2. The number of carboxylic acids is 1. The molecule has 2 saturated carbocycles. The Bertz CT molecular complexity index is 4420. The minimum Gasteiger partial charge on any atom is -0.478 e. The van der Waals surface area contributed by atoms with Crippen molar-refractivity contribution in [1.82, 2.24) is 5.32 Å². The zero-order valence-corrected chi connectivity index (χ0v) is 70.1. The summed E-state index contributed by atoms with van der Waals surface area (Å²) in [5.41, 5.74) is -8.21. The number of rotatable bonds is 43. The Hall–Kier alpha value is -9.60. The molecule has 638 valence electrons. The van der Waals surface area contributed by atoms with Crippen LogP contribution in [0, 0.1) is 16.7 Å². The molecule has 5 aromatic carbocycles. The molecule has 2 bridgehead atoms. The number of hydrogen-bond acceptors (Lipinski definition) is 22. The largest absolute Gasteiger partial charge is 0.478 e. The first-order valence-corrected chi connectivity index (χ1v) is 42.4. The normalized spacial score (nSPS) is 23.1. The third kappa shape index (κ3) is 23.7. The number of benzene rings is 5. The number of carboxylic acid groups (broad SMARTS) is 1. The van der Waals surface area contributed by atoms with E-state index in [1.54, 1.807) is 54.6 Å². The lowest BCUT2D eigenvalue weighted by Gasteiger charge is -2.67. The maximum Gasteiger partial charge on any atom is 0.472 e. The van der Waals surface area contributed by atoms with Crippen molar-refractivity contribution >= 4 is 78.7 Å². The summed E-state index contributed by atoms with van der Waals surface area (Å²) < 4.78 is 69.6. The number of phosphoric acid groups is 1. The van der Waals surface area contributed by atoms with Gasteiger partial charge in [0.1, 0.15) is 67.8 Å². The van der Waals surface area contributed by atoms with Gasteiger partial charge in [0, 0.05) is 49.8 Å². The van der Waals surface area contributed by atoms with E-state index in [0.717, 1.165) is 39.5 Å². The summed E-state index contributed by atoms with van der Waals surface area (Å²) in [5.74, 6) is -13.5. The van der Waals surface area contributed by atoms with E-state index in [4.69, 9.17) is 42.2 Å². The summed E-state index contributed by atoms with van der Waals surface area (Å²) in [7, 11) is 1.17. The van der Waals surface area contributed by atoms with E-state index < -0.39 is 182 Å². The monoisotopic (exact) mass is 1650 g/mol. The average molecular weight is 1650 g/mol. The molecule has 0 spiro atoms. The van der Waals surface area contributed by atoms with E-state index >= 15 is 14.4 Å². The maximum absolute atomic E-state index is 16.8. The molecule has 118 heavy (non-hydrogen) atoms. The number of carbonyl (C=O) groups excluding carboxylic acids is 10. The molecule has 9 rings (SSSR count). The number of Topliss-reactive ketones (excluding diaryl/α,β-unsaturated/α-hetero) is 2. The number of quaternary nitrogens is 1. The van der Waals surface area contributed by atoms with E-state index in [9.17, 15) is 58.0 Å². The van der Waals surface area contributed by atoms with Gasteiger partial charge in [-0.25, -0.2) is 18.9 Å². The van der Waals surface area contributed by atoms with Gasteiger partial charge in [-0.3, -0.25) is 47.4 Å². The van der Waals surface area contributed by atoms with Gasteiger partial charge >= 0.3 is 49.6 Å². The van der Waals surface area contributed by atoms with Crippen LogP contribution in [0.5, 0.6) is 0 Å². The van der Waals surface area contributed by atoms with Gasteiger partial charge in [-0.05, 0) is 96.6 Å². The number of aliphatic hydroxyl groups is 1. The van der Waals surface area contributed by atoms with Gasteiger partial charge < -0.3 is 63.4 Å². The van der Waals surface area contributed by atoms with Gasteiger partial charge in [0.25, 0.3) is 5.91 Å². The lowest BCUT2D eigenvalue weighted by atomic mass is 9.44. The second-order valence-corrected chi connectivity index (χ2v) is 34.6. The summed E-state index contributed by atoms with van der Waals surface area (Å²) >= 11 is 0. The molecule has 13 atom stereocenters. The number of unbranched alkanes of at least 4 members (excludes halogenated alkanes) is 14.